The molecule has 4 aliphatic rings. The molecule has 0 bridgehead atoms. The first kappa shape index (κ1) is 27.6. The third-order valence-electron chi connectivity index (χ3n) is 9.18. The Labute approximate surface area is 237 Å². The van der Waals surface area contributed by atoms with E-state index in [0.717, 1.165) is 76.9 Å². The largest absolute Gasteiger partial charge is 0.379 e. The highest BCUT2D eigenvalue weighted by molar-refractivity contribution is 5.94. The number of hydrogen-bond donors (Lipinski definition) is 1. The number of nitrogens with zero attached hydrogens (tertiary/aromatic N) is 4. The molecule has 1 aromatic carbocycles. The highest BCUT2D eigenvalue weighted by Gasteiger charge is 2.39. The summed E-state index contributed by atoms with van der Waals surface area (Å²) in [5.74, 6) is 0.717. The third kappa shape index (κ3) is 6.03. The maximum atomic E-state index is 13.5. The van der Waals surface area contributed by atoms with Crippen molar-refractivity contribution in [2.45, 2.75) is 82.8 Å². The first-order chi connectivity index (χ1) is 19.6. The molecule has 0 saturated carbocycles. The molecule has 2 aromatic rings. The van der Waals surface area contributed by atoms with Crippen LogP contribution in [0.3, 0.4) is 0 Å². The van der Waals surface area contributed by atoms with Crippen molar-refractivity contribution < 1.29 is 19.0 Å². The molecule has 9 heteroatoms. The van der Waals surface area contributed by atoms with Gasteiger partial charge < -0.3 is 24.4 Å². The fraction of sp³-hybridized carbons (Fsp3) is 0.645. The van der Waals surface area contributed by atoms with Crippen molar-refractivity contribution in [1.82, 2.24) is 19.8 Å². The average molecular weight is 550 g/mol. The van der Waals surface area contributed by atoms with Crippen LogP contribution in [0.25, 0.3) is 0 Å². The summed E-state index contributed by atoms with van der Waals surface area (Å²) in [6.45, 7) is 9.44. The zero-order chi connectivity index (χ0) is 27.5. The molecule has 0 radical (unpaired) electrons. The van der Waals surface area contributed by atoms with Gasteiger partial charge in [0, 0.05) is 50.4 Å². The molecule has 4 fully saturated rings. The minimum atomic E-state index is 0.000622. The maximum Gasteiger partial charge on any atom is 0.272 e. The second-order valence-corrected chi connectivity index (χ2v) is 11.8. The van der Waals surface area contributed by atoms with Gasteiger partial charge >= 0.3 is 0 Å². The van der Waals surface area contributed by atoms with Crippen molar-refractivity contribution >= 4 is 11.7 Å². The molecule has 9 nitrogen and oxygen atoms in total. The predicted molar refractivity (Wildman–Crippen MR) is 152 cm³/mol. The van der Waals surface area contributed by atoms with Crippen LogP contribution in [-0.2, 0) is 14.2 Å². The SMILES string of the molecule is Cc1ccc(C2CCCC(CNc3ncnc(C(=O)N4CCC(N5CCOC6COCCC65)CC4)c3C)O2)cc1. The summed E-state index contributed by atoms with van der Waals surface area (Å²) in [6, 6.07) is 9.57. The van der Waals surface area contributed by atoms with E-state index in [1.165, 1.54) is 17.5 Å². The van der Waals surface area contributed by atoms with Gasteiger partial charge in [0.2, 0.25) is 0 Å². The number of likely N-dealkylation sites (tertiary alicyclic amines) is 1. The Morgan fingerprint density at radius 2 is 1.82 bits per heavy atom. The van der Waals surface area contributed by atoms with Gasteiger partial charge in [0.25, 0.3) is 5.91 Å². The highest BCUT2D eigenvalue weighted by atomic mass is 16.5. The fourth-order valence-electron chi connectivity index (χ4n) is 6.85. The Bertz CT molecular complexity index is 1150. The average Bonchev–Trinajstić information content (AvgIpc) is 3.00. The second-order valence-electron chi connectivity index (χ2n) is 11.8. The summed E-state index contributed by atoms with van der Waals surface area (Å²) >= 11 is 0. The number of aromatic nitrogens is 2. The minimum absolute atomic E-state index is 0.000622. The lowest BCUT2D eigenvalue weighted by atomic mass is 9.95. The summed E-state index contributed by atoms with van der Waals surface area (Å²) in [5.41, 5.74) is 3.80. The molecule has 1 aromatic heterocycles. The molecule has 5 heterocycles. The summed E-state index contributed by atoms with van der Waals surface area (Å²) in [4.78, 5) is 27.0. The van der Waals surface area contributed by atoms with Gasteiger partial charge in [-0.2, -0.15) is 0 Å². The highest BCUT2D eigenvalue weighted by Crippen LogP contribution is 2.32. The number of hydrogen-bond acceptors (Lipinski definition) is 8. The van der Waals surface area contributed by atoms with Gasteiger partial charge in [-0.05, 0) is 57.9 Å². The van der Waals surface area contributed by atoms with Crippen LogP contribution < -0.4 is 5.32 Å². The summed E-state index contributed by atoms with van der Waals surface area (Å²) < 4.78 is 18.1. The molecule has 1 amide bonds. The smallest absolute Gasteiger partial charge is 0.272 e. The number of carbonyl (C=O) groups excluding carboxylic acids is 1. The van der Waals surface area contributed by atoms with Crippen LogP contribution in [-0.4, -0.2) is 96.0 Å². The van der Waals surface area contributed by atoms with E-state index in [1.807, 2.05) is 11.8 Å². The van der Waals surface area contributed by atoms with Crippen molar-refractivity contribution in [3.05, 3.63) is 53.0 Å². The Balaban J connectivity index is 1.03. The molecular formula is C31H43N5O4. The number of rotatable bonds is 6. The topological polar surface area (TPSA) is 89.1 Å². The fourth-order valence-corrected chi connectivity index (χ4v) is 6.85. The number of amides is 1. The molecule has 216 valence electrons. The number of nitrogens with one attached hydrogen (secondary N) is 1. The molecule has 40 heavy (non-hydrogen) atoms. The van der Waals surface area contributed by atoms with Crippen molar-refractivity contribution in [2.24, 2.45) is 0 Å². The Morgan fingerprint density at radius 1 is 1.00 bits per heavy atom. The van der Waals surface area contributed by atoms with E-state index in [1.54, 1.807) is 0 Å². The van der Waals surface area contributed by atoms with Gasteiger partial charge in [0.1, 0.15) is 17.8 Å². The molecule has 4 unspecified atom stereocenters. The number of aryl methyl sites for hydroxylation is 1. The van der Waals surface area contributed by atoms with Crippen LogP contribution >= 0.6 is 0 Å². The Morgan fingerprint density at radius 3 is 2.65 bits per heavy atom. The summed E-state index contributed by atoms with van der Waals surface area (Å²) in [5, 5.41) is 3.46. The number of morpholine rings is 1. The number of ether oxygens (including phenoxy) is 3. The number of piperidine rings is 1. The molecule has 4 saturated heterocycles. The molecule has 6 rings (SSSR count). The lowest BCUT2D eigenvalue weighted by molar-refractivity contribution is -0.148. The molecule has 0 spiro atoms. The molecule has 0 aliphatic carbocycles. The van der Waals surface area contributed by atoms with Gasteiger partial charge in [-0.15, -0.1) is 0 Å². The van der Waals surface area contributed by atoms with Crippen LogP contribution in [0.15, 0.2) is 30.6 Å². The quantitative estimate of drug-likeness (QED) is 0.580. The maximum absolute atomic E-state index is 13.5. The first-order valence-electron chi connectivity index (χ1n) is 15.1. The van der Waals surface area contributed by atoms with E-state index in [-0.39, 0.29) is 24.2 Å². The molecule has 4 aliphatic heterocycles. The van der Waals surface area contributed by atoms with Crippen LogP contribution in [0.4, 0.5) is 5.82 Å². The summed E-state index contributed by atoms with van der Waals surface area (Å²) in [6.07, 6.45) is 8.09. The van der Waals surface area contributed by atoms with Crippen LogP contribution in [0.1, 0.15) is 71.8 Å². The standard InChI is InChI=1S/C31H43N5O4/c1-21-6-8-23(9-7-21)27-5-3-4-25(40-27)18-32-30-22(2)29(33-20-34-30)31(37)35-13-10-24(11-14-35)36-15-17-39-28-19-38-16-12-26(28)36/h6-9,20,24-28H,3-5,10-19H2,1-2H3,(H,32,33,34). The molecule has 1 N–H and O–H groups in total. The monoisotopic (exact) mass is 549 g/mol. The van der Waals surface area contributed by atoms with E-state index in [9.17, 15) is 4.79 Å². The Kier molecular flexibility index (Phi) is 8.62. The van der Waals surface area contributed by atoms with Crippen LogP contribution in [0.2, 0.25) is 0 Å². The van der Waals surface area contributed by atoms with Crippen molar-refractivity contribution in [1.29, 1.82) is 0 Å². The van der Waals surface area contributed by atoms with E-state index in [4.69, 9.17) is 14.2 Å². The van der Waals surface area contributed by atoms with E-state index < -0.39 is 0 Å². The second kappa shape index (κ2) is 12.5. The number of anilines is 1. The lowest BCUT2D eigenvalue weighted by Gasteiger charge is -2.49. The van der Waals surface area contributed by atoms with Crippen molar-refractivity contribution in [2.75, 3.05) is 51.3 Å². The number of carbonyl (C=O) groups is 1. The zero-order valence-corrected chi connectivity index (χ0v) is 23.9. The number of benzene rings is 1. The lowest BCUT2D eigenvalue weighted by Crippen LogP contribution is -2.60. The van der Waals surface area contributed by atoms with Crippen molar-refractivity contribution in [3.63, 3.8) is 0 Å². The normalized spacial score (nSPS) is 28.2. The van der Waals surface area contributed by atoms with Gasteiger partial charge in [-0.1, -0.05) is 29.8 Å². The Hall–Kier alpha value is -2.59. The van der Waals surface area contributed by atoms with Crippen LogP contribution in [0, 0.1) is 13.8 Å². The van der Waals surface area contributed by atoms with Gasteiger partial charge in [0.15, 0.2) is 0 Å². The van der Waals surface area contributed by atoms with Crippen molar-refractivity contribution in [3.8, 4) is 0 Å². The number of fused-ring (bicyclic) bond motifs is 1. The summed E-state index contributed by atoms with van der Waals surface area (Å²) in [7, 11) is 0. The van der Waals surface area contributed by atoms with Gasteiger partial charge in [-0.3, -0.25) is 9.69 Å². The van der Waals surface area contributed by atoms with E-state index in [2.05, 4.69) is 51.4 Å². The van der Waals surface area contributed by atoms with Gasteiger partial charge in [-0.25, -0.2) is 9.97 Å². The predicted octanol–water partition coefficient (Wildman–Crippen LogP) is 3.91. The first-order valence-corrected chi connectivity index (χ1v) is 15.1. The van der Waals surface area contributed by atoms with E-state index in [0.29, 0.717) is 36.7 Å². The minimum Gasteiger partial charge on any atom is -0.379 e. The third-order valence-corrected chi connectivity index (χ3v) is 9.18. The van der Waals surface area contributed by atoms with Gasteiger partial charge in [0.05, 0.1) is 31.5 Å². The molecular weight excluding hydrogens is 506 g/mol. The zero-order valence-electron chi connectivity index (χ0n) is 23.9. The van der Waals surface area contributed by atoms with E-state index >= 15 is 0 Å². The van der Waals surface area contributed by atoms with Crippen LogP contribution in [0.5, 0.6) is 0 Å². The molecule has 4 atom stereocenters.